The molecule has 0 radical (unpaired) electrons. The number of ether oxygens (including phenoxy) is 1. The monoisotopic (exact) mass is 331 g/mol. The standard InChI is InChI=1S/C19H26FN3O/c1-21-7-3-6-19(21)16-23(9-8-22-10-12-24-13-11-22)15-17-4-2-5-18(20)14-17/h2-7,14H,8-13,15-16H2,1H3. The van der Waals surface area contributed by atoms with Crippen molar-refractivity contribution >= 4 is 0 Å². The first kappa shape index (κ1) is 17.1. The van der Waals surface area contributed by atoms with Crippen LogP contribution in [0.3, 0.4) is 0 Å². The molecular weight excluding hydrogens is 305 g/mol. The van der Waals surface area contributed by atoms with Gasteiger partial charge in [0, 0.05) is 58.2 Å². The fourth-order valence-corrected chi connectivity index (χ4v) is 3.10. The Morgan fingerprint density at radius 2 is 1.96 bits per heavy atom. The van der Waals surface area contributed by atoms with E-state index in [-0.39, 0.29) is 5.82 Å². The molecule has 1 aliphatic rings. The van der Waals surface area contributed by atoms with Crippen LogP contribution >= 0.6 is 0 Å². The molecule has 130 valence electrons. The van der Waals surface area contributed by atoms with E-state index < -0.39 is 0 Å². The van der Waals surface area contributed by atoms with Gasteiger partial charge in [0.1, 0.15) is 5.82 Å². The van der Waals surface area contributed by atoms with Crippen molar-refractivity contribution in [1.29, 1.82) is 0 Å². The van der Waals surface area contributed by atoms with Crippen LogP contribution in [0.5, 0.6) is 0 Å². The Bertz CT molecular complexity index is 637. The number of morpholine rings is 1. The molecule has 0 saturated carbocycles. The quantitative estimate of drug-likeness (QED) is 0.778. The highest BCUT2D eigenvalue weighted by molar-refractivity contribution is 5.16. The first-order chi connectivity index (χ1) is 11.7. The molecule has 24 heavy (non-hydrogen) atoms. The highest BCUT2D eigenvalue weighted by atomic mass is 19.1. The summed E-state index contributed by atoms with van der Waals surface area (Å²) >= 11 is 0. The predicted molar refractivity (Wildman–Crippen MR) is 93.2 cm³/mol. The van der Waals surface area contributed by atoms with Crippen molar-refractivity contribution in [1.82, 2.24) is 14.4 Å². The average molecular weight is 331 g/mol. The van der Waals surface area contributed by atoms with E-state index in [1.807, 2.05) is 6.07 Å². The molecule has 2 heterocycles. The van der Waals surface area contributed by atoms with Crippen LogP contribution in [0.25, 0.3) is 0 Å². The van der Waals surface area contributed by atoms with Gasteiger partial charge < -0.3 is 9.30 Å². The van der Waals surface area contributed by atoms with Crippen molar-refractivity contribution in [2.24, 2.45) is 7.05 Å². The fourth-order valence-electron chi connectivity index (χ4n) is 3.10. The summed E-state index contributed by atoms with van der Waals surface area (Å²) in [5.41, 5.74) is 2.29. The number of rotatable bonds is 7. The molecule has 1 fully saturated rings. The number of hydrogen-bond acceptors (Lipinski definition) is 3. The van der Waals surface area contributed by atoms with Crippen LogP contribution in [0, 0.1) is 5.82 Å². The van der Waals surface area contributed by atoms with Crippen LogP contribution in [0.1, 0.15) is 11.3 Å². The Hall–Kier alpha value is -1.69. The van der Waals surface area contributed by atoms with Crippen molar-refractivity contribution in [3.8, 4) is 0 Å². The van der Waals surface area contributed by atoms with Crippen molar-refractivity contribution in [2.75, 3.05) is 39.4 Å². The second kappa shape index (κ2) is 8.42. The topological polar surface area (TPSA) is 20.6 Å². The molecule has 0 aliphatic carbocycles. The summed E-state index contributed by atoms with van der Waals surface area (Å²) in [6, 6.07) is 11.1. The summed E-state index contributed by atoms with van der Waals surface area (Å²) in [4.78, 5) is 4.83. The Labute approximate surface area is 143 Å². The summed E-state index contributed by atoms with van der Waals surface area (Å²) < 4.78 is 21.1. The largest absolute Gasteiger partial charge is 0.379 e. The zero-order valence-electron chi connectivity index (χ0n) is 14.3. The Morgan fingerprint density at radius 3 is 2.67 bits per heavy atom. The third kappa shape index (κ3) is 4.90. The third-order valence-corrected chi connectivity index (χ3v) is 4.57. The SMILES string of the molecule is Cn1cccc1CN(CCN1CCOCC1)Cc1cccc(F)c1. The predicted octanol–water partition coefficient (Wildman–Crippen LogP) is 2.50. The molecule has 5 heteroatoms. The van der Waals surface area contributed by atoms with Crippen LogP contribution < -0.4 is 0 Å². The van der Waals surface area contributed by atoms with Crippen molar-refractivity contribution in [3.05, 3.63) is 59.7 Å². The molecule has 0 amide bonds. The molecule has 1 aliphatic heterocycles. The zero-order chi connectivity index (χ0) is 16.8. The molecule has 0 N–H and O–H groups in total. The van der Waals surface area contributed by atoms with Gasteiger partial charge >= 0.3 is 0 Å². The number of aryl methyl sites for hydroxylation is 1. The van der Waals surface area contributed by atoms with Gasteiger partial charge in [0.15, 0.2) is 0 Å². The lowest BCUT2D eigenvalue weighted by molar-refractivity contribution is 0.0324. The summed E-state index contributed by atoms with van der Waals surface area (Å²) in [5, 5.41) is 0. The van der Waals surface area contributed by atoms with Gasteiger partial charge in [-0.25, -0.2) is 4.39 Å². The normalized spacial score (nSPS) is 16.0. The molecule has 0 spiro atoms. The van der Waals surface area contributed by atoms with Crippen LogP contribution in [0.15, 0.2) is 42.6 Å². The Morgan fingerprint density at radius 1 is 1.12 bits per heavy atom. The molecule has 1 aromatic heterocycles. The van der Waals surface area contributed by atoms with E-state index in [0.717, 1.165) is 58.0 Å². The molecule has 2 aromatic rings. The third-order valence-electron chi connectivity index (χ3n) is 4.57. The highest BCUT2D eigenvalue weighted by Gasteiger charge is 2.14. The van der Waals surface area contributed by atoms with Gasteiger partial charge in [-0.05, 0) is 29.8 Å². The maximum Gasteiger partial charge on any atom is 0.123 e. The molecule has 0 bridgehead atoms. The maximum absolute atomic E-state index is 13.5. The highest BCUT2D eigenvalue weighted by Crippen LogP contribution is 2.12. The summed E-state index contributed by atoms with van der Waals surface area (Å²) in [6.07, 6.45) is 2.07. The lowest BCUT2D eigenvalue weighted by Gasteiger charge is -2.30. The molecule has 0 unspecified atom stereocenters. The first-order valence-electron chi connectivity index (χ1n) is 8.58. The minimum Gasteiger partial charge on any atom is -0.379 e. The Kier molecular flexibility index (Phi) is 6.01. The van der Waals surface area contributed by atoms with Gasteiger partial charge in [-0.2, -0.15) is 0 Å². The van der Waals surface area contributed by atoms with Crippen molar-refractivity contribution in [3.63, 3.8) is 0 Å². The first-order valence-corrected chi connectivity index (χ1v) is 8.58. The Balaban J connectivity index is 1.64. The fraction of sp³-hybridized carbons (Fsp3) is 0.474. The van der Waals surface area contributed by atoms with Crippen molar-refractivity contribution in [2.45, 2.75) is 13.1 Å². The second-order valence-electron chi connectivity index (χ2n) is 6.41. The van der Waals surface area contributed by atoms with Gasteiger partial charge in [0.2, 0.25) is 0 Å². The smallest absolute Gasteiger partial charge is 0.123 e. The summed E-state index contributed by atoms with van der Waals surface area (Å²) in [6.45, 7) is 7.24. The summed E-state index contributed by atoms with van der Waals surface area (Å²) in [5.74, 6) is -0.167. The van der Waals surface area contributed by atoms with E-state index in [4.69, 9.17) is 4.74 Å². The number of halogens is 1. The molecular formula is C19H26FN3O. The lowest BCUT2D eigenvalue weighted by Crippen LogP contribution is -2.41. The summed E-state index contributed by atoms with van der Waals surface area (Å²) in [7, 11) is 2.07. The van der Waals surface area contributed by atoms with Crippen LogP contribution in [-0.2, 0) is 24.9 Å². The van der Waals surface area contributed by atoms with E-state index in [0.29, 0.717) is 0 Å². The van der Waals surface area contributed by atoms with Gasteiger partial charge in [-0.1, -0.05) is 12.1 Å². The molecule has 1 saturated heterocycles. The lowest BCUT2D eigenvalue weighted by atomic mass is 10.2. The average Bonchev–Trinajstić information content (AvgIpc) is 2.99. The second-order valence-corrected chi connectivity index (χ2v) is 6.41. The molecule has 4 nitrogen and oxygen atoms in total. The van der Waals surface area contributed by atoms with E-state index in [1.165, 1.54) is 11.8 Å². The number of benzene rings is 1. The van der Waals surface area contributed by atoms with Gasteiger partial charge in [-0.15, -0.1) is 0 Å². The minimum absolute atomic E-state index is 0.167. The van der Waals surface area contributed by atoms with Gasteiger partial charge in [0.25, 0.3) is 0 Å². The molecule has 3 rings (SSSR count). The van der Waals surface area contributed by atoms with Crippen LogP contribution in [0.2, 0.25) is 0 Å². The van der Waals surface area contributed by atoms with E-state index in [1.54, 1.807) is 12.1 Å². The van der Waals surface area contributed by atoms with E-state index >= 15 is 0 Å². The minimum atomic E-state index is -0.167. The van der Waals surface area contributed by atoms with Crippen LogP contribution in [0.4, 0.5) is 4.39 Å². The van der Waals surface area contributed by atoms with Crippen molar-refractivity contribution < 1.29 is 9.13 Å². The molecule has 0 atom stereocenters. The zero-order valence-corrected chi connectivity index (χ0v) is 14.3. The van der Waals surface area contributed by atoms with Gasteiger partial charge in [-0.3, -0.25) is 9.80 Å². The number of nitrogens with zero attached hydrogens (tertiary/aromatic N) is 3. The van der Waals surface area contributed by atoms with Crippen LogP contribution in [-0.4, -0.2) is 53.8 Å². The van der Waals surface area contributed by atoms with E-state index in [9.17, 15) is 4.39 Å². The van der Waals surface area contributed by atoms with Gasteiger partial charge in [0.05, 0.1) is 13.2 Å². The van der Waals surface area contributed by atoms with E-state index in [2.05, 4.69) is 39.7 Å². The number of aromatic nitrogens is 1. The number of hydrogen-bond donors (Lipinski definition) is 0. The molecule has 1 aromatic carbocycles. The maximum atomic E-state index is 13.5.